The van der Waals surface area contributed by atoms with Crippen LogP contribution in [0, 0.1) is 6.92 Å². The average molecular weight is 254 g/mol. The largest absolute Gasteiger partial charge is 0.506 e. The van der Waals surface area contributed by atoms with Gasteiger partial charge in [0.2, 0.25) is 0 Å². The summed E-state index contributed by atoms with van der Waals surface area (Å²) in [5, 5.41) is 20.9. The number of fused-ring (bicyclic) bond motifs is 1. The first kappa shape index (κ1) is 11.5. The van der Waals surface area contributed by atoms with Crippen molar-refractivity contribution in [3.8, 4) is 5.75 Å². The minimum atomic E-state index is 0.211. The Labute approximate surface area is 110 Å². The first-order valence-corrected chi connectivity index (χ1v) is 6.05. The predicted octanol–water partition coefficient (Wildman–Crippen LogP) is 2.58. The number of nitrogens with one attached hydrogen (secondary N) is 2. The van der Waals surface area contributed by atoms with E-state index in [2.05, 4.69) is 20.5 Å². The zero-order valence-electron chi connectivity index (χ0n) is 10.5. The Kier molecular flexibility index (Phi) is 2.79. The summed E-state index contributed by atoms with van der Waals surface area (Å²) < 4.78 is 0. The van der Waals surface area contributed by atoms with Crippen LogP contribution in [0.3, 0.4) is 0 Å². The molecule has 5 nitrogen and oxygen atoms in total. The summed E-state index contributed by atoms with van der Waals surface area (Å²) in [6.07, 6.45) is 1.78. The van der Waals surface area contributed by atoms with E-state index in [0.717, 1.165) is 22.3 Å². The highest BCUT2D eigenvalue weighted by Gasteiger charge is 2.04. The number of aryl methyl sites for hydroxylation is 1. The number of aromatic nitrogens is 3. The van der Waals surface area contributed by atoms with Gasteiger partial charge in [-0.15, -0.1) is 0 Å². The molecule has 0 saturated heterocycles. The summed E-state index contributed by atoms with van der Waals surface area (Å²) in [7, 11) is 0. The molecule has 0 radical (unpaired) electrons. The summed E-state index contributed by atoms with van der Waals surface area (Å²) in [4.78, 5) is 4.31. The van der Waals surface area contributed by atoms with E-state index in [9.17, 15) is 5.11 Å². The molecule has 0 atom stereocenters. The second kappa shape index (κ2) is 4.61. The number of rotatable bonds is 3. The van der Waals surface area contributed by atoms with Gasteiger partial charge in [-0.1, -0.05) is 0 Å². The molecule has 19 heavy (non-hydrogen) atoms. The van der Waals surface area contributed by atoms with Crippen LogP contribution in [-0.4, -0.2) is 20.3 Å². The van der Waals surface area contributed by atoms with Gasteiger partial charge in [0.1, 0.15) is 11.4 Å². The zero-order valence-corrected chi connectivity index (χ0v) is 10.5. The van der Waals surface area contributed by atoms with Crippen molar-refractivity contribution in [2.75, 3.05) is 5.32 Å². The van der Waals surface area contributed by atoms with E-state index >= 15 is 0 Å². The van der Waals surface area contributed by atoms with Crippen LogP contribution >= 0.6 is 0 Å². The number of aromatic hydroxyl groups is 1. The molecule has 3 aromatic rings. The zero-order chi connectivity index (χ0) is 13.2. The maximum atomic E-state index is 9.73. The molecule has 0 spiro atoms. The minimum Gasteiger partial charge on any atom is -0.506 e. The van der Waals surface area contributed by atoms with Crippen molar-refractivity contribution in [2.45, 2.75) is 13.5 Å². The fraction of sp³-hybridized carbons (Fsp3) is 0.143. The Morgan fingerprint density at radius 1 is 1.26 bits per heavy atom. The molecule has 0 aliphatic carbocycles. The fourth-order valence-electron chi connectivity index (χ4n) is 1.97. The van der Waals surface area contributed by atoms with Crippen LogP contribution in [0.15, 0.2) is 36.5 Å². The van der Waals surface area contributed by atoms with Gasteiger partial charge in [0.15, 0.2) is 0 Å². The first-order valence-electron chi connectivity index (χ1n) is 6.05. The number of hydrogen-bond acceptors (Lipinski definition) is 4. The monoisotopic (exact) mass is 254 g/mol. The van der Waals surface area contributed by atoms with E-state index < -0.39 is 0 Å². The SMILES string of the molecule is Cc1ccc(O)c(CNc2ccc3[nH]ncc3c2)n1. The molecule has 3 N–H and O–H groups in total. The standard InChI is InChI=1S/C14H14N4O/c1-9-2-5-14(19)13(17-9)8-15-11-3-4-12-10(6-11)7-16-18-12/h2-7,15,19H,8H2,1H3,(H,16,18). The van der Waals surface area contributed by atoms with Gasteiger partial charge < -0.3 is 10.4 Å². The van der Waals surface area contributed by atoms with Crippen molar-refractivity contribution in [1.29, 1.82) is 0 Å². The number of aromatic amines is 1. The summed E-state index contributed by atoms with van der Waals surface area (Å²) in [5.41, 5.74) is 3.51. The third kappa shape index (κ3) is 2.35. The number of hydrogen-bond donors (Lipinski definition) is 3. The molecular formula is C14H14N4O. The molecule has 3 rings (SSSR count). The van der Waals surface area contributed by atoms with Crippen molar-refractivity contribution in [1.82, 2.24) is 15.2 Å². The van der Waals surface area contributed by atoms with E-state index in [1.807, 2.05) is 25.1 Å². The summed E-state index contributed by atoms with van der Waals surface area (Å²) in [6.45, 7) is 2.39. The Bertz CT molecular complexity index is 720. The van der Waals surface area contributed by atoms with Crippen LogP contribution in [0.5, 0.6) is 5.75 Å². The topological polar surface area (TPSA) is 73.8 Å². The highest BCUT2D eigenvalue weighted by atomic mass is 16.3. The molecule has 0 unspecified atom stereocenters. The molecule has 2 heterocycles. The predicted molar refractivity (Wildman–Crippen MR) is 74.1 cm³/mol. The average Bonchev–Trinajstić information content (AvgIpc) is 2.87. The molecule has 0 amide bonds. The minimum absolute atomic E-state index is 0.211. The number of anilines is 1. The lowest BCUT2D eigenvalue weighted by atomic mass is 10.2. The second-order valence-corrected chi connectivity index (χ2v) is 4.44. The van der Waals surface area contributed by atoms with E-state index in [1.165, 1.54) is 0 Å². The number of pyridine rings is 1. The van der Waals surface area contributed by atoms with Gasteiger partial charge in [0.05, 0.1) is 18.3 Å². The van der Waals surface area contributed by atoms with E-state index in [0.29, 0.717) is 12.2 Å². The molecule has 0 fully saturated rings. The van der Waals surface area contributed by atoms with Crippen molar-refractivity contribution < 1.29 is 5.11 Å². The molecule has 0 bridgehead atoms. The van der Waals surface area contributed by atoms with Gasteiger partial charge in [-0.05, 0) is 37.3 Å². The lowest BCUT2D eigenvalue weighted by Gasteiger charge is -2.08. The Morgan fingerprint density at radius 2 is 2.16 bits per heavy atom. The molecule has 0 saturated carbocycles. The molecular weight excluding hydrogens is 240 g/mol. The van der Waals surface area contributed by atoms with Crippen LogP contribution in [0.2, 0.25) is 0 Å². The smallest absolute Gasteiger partial charge is 0.138 e. The van der Waals surface area contributed by atoms with Gasteiger partial charge >= 0.3 is 0 Å². The Morgan fingerprint density at radius 3 is 3.05 bits per heavy atom. The third-order valence-corrected chi connectivity index (χ3v) is 2.99. The van der Waals surface area contributed by atoms with Gasteiger partial charge in [0.25, 0.3) is 0 Å². The highest BCUT2D eigenvalue weighted by molar-refractivity contribution is 5.81. The molecule has 2 aromatic heterocycles. The maximum absolute atomic E-state index is 9.73. The van der Waals surface area contributed by atoms with E-state index in [4.69, 9.17) is 0 Å². The maximum Gasteiger partial charge on any atom is 0.138 e. The summed E-state index contributed by atoms with van der Waals surface area (Å²) in [5.74, 6) is 0.211. The molecule has 1 aromatic carbocycles. The number of benzene rings is 1. The highest BCUT2D eigenvalue weighted by Crippen LogP contribution is 2.19. The second-order valence-electron chi connectivity index (χ2n) is 4.44. The number of nitrogens with zero attached hydrogens (tertiary/aromatic N) is 2. The van der Waals surface area contributed by atoms with Crippen LogP contribution in [0.4, 0.5) is 5.69 Å². The Balaban J connectivity index is 1.79. The van der Waals surface area contributed by atoms with Crippen LogP contribution < -0.4 is 5.32 Å². The van der Waals surface area contributed by atoms with Crippen molar-refractivity contribution in [2.24, 2.45) is 0 Å². The Hall–Kier alpha value is -2.56. The van der Waals surface area contributed by atoms with Gasteiger partial charge in [0, 0.05) is 16.8 Å². The quantitative estimate of drug-likeness (QED) is 0.671. The molecule has 0 aliphatic heterocycles. The van der Waals surface area contributed by atoms with E-state index in [-0.39, 0.29) is 5.75 Å². The van der Waals surface area contributed by atoms with Gasteiger partial charge in [-0.2, -0.15) is 5.10 Å². The third-order valence-electron chi connectivity index (χ3n) is 2.99. The van der Waals surface area contributed by atoms with Gasteiger partial charge in [-0.3, -0.25) is 10.1 Å². The van der Waals surface area contributed by atoms with Crippen LogP contribution in [0.25, 0.3) is 10.9 Å². The first-order chi connectivity index (χ1) is 9.22. The van der Waals surface area contributed by atoms with Crippen molar-refractivity contribution >= 4 is 16.6 Å². The van der Waals surface area contributed by atoms with Crippen molar-refractivity contribution in [3.63, 3.8) is 0 Å². The molecule has 0 aliphatic rings. The fourth-order valence-corrected chi connectivity index (χ4v) is 1.97. The molecule has 96 valence electrons. The van der Waals surface area contributed by atoms with Crippen LogP contribution in [0.1, 0.15) is 11.4 Å². The van der Waals surface area contributed by atoms with Crippen molar-refractivity contribution in [3.05, 3.63) is 47.9 Å². The van der Waals surface area contributed by atoms with Crippen LogP contribution in [-0.2, 0) is 6.54 Å². The molecule has 5 heteroatoms. The normalized spacial score (nSPS) is 10.8. The van der Waals surface area contributed by atoms with Gasteiger partial charge in [-0.25, -0.2) is 0 Å². The summed E-state index contributed by atoms with van der Waals surface area (Å²) >= 11 is 0. The lowest BCUT2D eigenvalue weighted by Crippen LogP contribution is -2.02. The number of H-pyrrole nitrogens is 1. The van der Waals surface area contributed by atoms with E-state index in [1.54, 1.807) is 18.3 Å². The lowest BCUT2D eigenvalue weighted by molar-refractivity contribution is 0.464. The summed E-state index contributed by atoms with van der Waals surface area (Å²) in [6, 6.07) is 9.39.